The van der Waals surface area contributed by atoms with E-state index in [1.165, 1.54) is 22.0 Å². The third-order valence-electron chi connectivity index (χ3n) is 4.27. The fourth-order valence-corrected chi connectivity index (χ4v) is 2.82. The zero-order valence-electron chi connectivity index (χ0n) is 12.8. The summed E-state index contributed by atoms with van der Waals surface area (Å²) in [6.45, 7) is 5.06. The highest BCUT2D eigenvalue weighted by Gasteiger charge is 2.14. The molecule has 0 amide bonds. The number of aryl methyl sites for hydroxylation is 1. The molecule has 2 aromatic carbocycles. The predicted octanol–water partition coefficient (Wildman–Crippen LogP) is 3.61. The van der Waals surface area contributed by atoms with Crippen molar-refractivity contribution in [2.24, 2.45) is 0 Å². The van der Waals surface area contributed by atoms with Gasteiger partial charge in [-0.1, -0.05) is 42.5 Å². The Hall–Kier alpha value is -2.13. The summed E-state index contributed by atoms with van der Waals surface area (Å²) in [5.74, 6) is 0. The molecule has 0 aliphatic rings. The van der Waals surface area contributed by atoms with Crippen molar-refractivity contribution >= 4 is 10.8 Å². The topological polar surface area (TPSA) is 29.9 Å². The molecule has 1 unspecified atom stereocenters. The summed E-state index contributed by atoms with van der Waals surface area (Å²) >= 11 is 0. The largest absolute Gasteiger partial charge is 0.333 e. The highest BCUT2D eigenvalue weighted by molar-refractivity contribution is 5.86. The molecule has 3 aromatic rings. The Morgan fingerprint density at radius 2 is 1.86 bits per heavy atom. The molecule has 0 aliphatic carbocycles. The number of likely N-dealkylation sites (N-methyl/N-ethyl adjacent to an activating group) is 1. The van der Waals surface area contributed by atoms with Gasteiger partial charge in [-0.3, -0.25) is 0 Å². The van der Waals surface area contributed by atoms with Crippen LogP contribution in [0.5, 0.6) is 0 Å². The summed E-state index contributed by atoms with van der Waals surface area (Å²) in [5, 5.41) is 6.05. The molecule has 21 heavy (non-hydrogen) atoms. The first kappa shape index (κ1) is 13.8. The highest BCUT2D eigenvalue weighted by Crippen LogP contribution is 2.25. The molecule has 3 nitrogen and oxygen atoms in total. The number of nitrogens with one attached hydrogen (secondary N) is 1. The van der Waals surface area contributed by atoms with E-state index in [1.807, 2.05) is 13.4 Å². The standard InChI is InChI=1S/C18H21N3/c1-13-14(2)21(12-20-13)11-18(19-3)17-10-6-8-15-7-4-5-9-16(15)17/h4-10,12,18-19H,11H2,1-3H3. The highest BCUT2D eigenvalue weighted by atomic mass is 15.1. The Kier molecular flexibility index (Phi) is 3.76. The molecule has 1 N–H and O–H groups in total. The van der Waals surface area contributed by atoms with Crippen molar-refractivity contribution < 1.29 is 0 Å². The lowest BCUT2D eigenvalue weighted by molar-refractivity contribution is 0.497. The predicted molar refractivity (Wildman–Crippen MR) is 87.4 cm³/mol. The van der Waals surface area contributed by atoms with Crippen molar-refractivity contribution in [1.82, 2.24) is 14.9 Å². The average molecular weight is 279 g/mol. The lowest BCUT2D eigenvalue weighted by atomic mass is 9.98. The first-order valence-corrected chi connectivity index (χ1v) is 7.34. The molecule has 0 spiro atoms. The minimum absolute atomic E-state index is 0.267. The summed E-state index contributed by atoms with van der Waals surface area (Å²) in [7, 11) is 2.02. The Bertz CT molecular complexity index is 753. The van der Waals surface area contributed by atoms with E-state index < -0.39 is 0 Å². The van der Waals surface area contributed by atoms with Gasteiger partial charge in [0.2, 0.25) is 0 Å². The normalized spacial score (nSPS) is 12.7. The molecule has 3 rings (SSSR count). The second kappa shape index (κ2) is 5.70. The molecule has 0 aliphatic heterocycles. The Balaban J connectivity index is 2.00. The van der Waals surface area contributed by atoms with Crippen LogP contribution in [0.25, 0.3) is 10.8 Å². The van der Waals surface area contributed by atoms with Crippen LogP contribution in [0.15, 0.2) is 48.8 Å². The minimum Gasteiger partial charge on any atom is -0.333 e. The maximum atomic E-state index is 4.39. The molecule has 0 saturated carbocycles. The van der Waals surface area contributed by atoms with Crippen LogP contribution < -0.4 is 5.32 Å². The van der Waals surface area contributed by atoms with Crippen molar-refractivity contribution in [1.29, 1.82) is 0 Å². The van der Waals surface area contributed by atoms with Crippen molar-refractivity contribution in [2.75, 3.05) is 7.05 Å². The smallest absolute Gasteiger partial charge is 0.0952 e. The van der Waals surface area contributed by atoms with Gasteiger partial charge in [0.25, 0.3) is 0 Å². The van der Waals surface area contributed by atoms with E-state index in [4.69, 9.17) is 0 Å². The van der Waals surface area contributed by atoms with Gasteiger partial charge in [0.1, 0.15) is 0 Å². The van der Waals surface area contributed by atoms with Crippen LogP contribution in [-0.4, -0.2) is 16.6 Å². The van der Waals surface area contributed by atoms with Gasteiger partial charge in [-0.25, -0.2) is 4.98 Å². The molecule has 0 fully saturated rings. The number of aromatic nitrogens is 2. The summed E-state index contributed by atoms with van der Waals surface area (Å²) in [4.78, 5) is 4.39. The van der Waals surface area contributed by atoms with Gasteiger partial charge in [0.05, 0.1) is 18.1 Å². The summed E-state index contributed by atoms with van der Waals surface area (Å²) in [6.07, 6.45) is 1.93. The van der Waals surface area contributed by atoms with E-state index >= 15 is 0 Å². The van der Waals surface area contributed by atoms with Gasteiger partial charge < -0.3 is 9.88 Å². The van der Waals surface area contributed by atoms with E-state index in [9.17, 15) is 0 Å². The van der Waals surface area contributed by atoms with Crippen LogP contribution in [0.3, 0.4) is 0 Å². The van der Waals surface area contributed by atoms with Gasteiger partial charge in [0, 0.05) is 12.2 Å². The first-order valence-electron chi connectivity index (χ1n) is 7.34. The minimum atomic E-state index is 0.267. The monoisotopic (exact) mass is 279 g/mol. The third kappa shape index (κ3) is 2.57. The molecule has 3 heteroatoms. The van der Waals surface area contributed by atoms with E-state index in [-0.39, 0.29) is 6.04 Å². The lowest BCUT2D eigenvalue weighted by Crippen LogP contribution is -2.22. The van der Waals surface area contributed by atoms with Crippen LogP contribution in [0, 0.1) is 13.8 Å². The molecular formula is C18H21N3. The van der Waals surface area contributed by atoms with E-state index in [2.05, 4.69) is 71.2 Å². The maximum Gasteiger partial charge on any atom is 0.0952 e. The second-order valence-corrected chi connectivity index (χ2v) is 5.48. The number of rotatable bonds is 4. The SMILES string of the molecule is CNC(Cn1cnc(C)c1C)c1cccc2ccccc12. The van der Waals surface area contributed by atoms with Crippen LogP contribution in [0.4, 0.5) is 0 Å². The average Bonchev–Trinajstić information content (AvgIpc) is 2.84. The molecule has 0 radical (unpaired) electrons. The van der Waals surface area contributed by atoms with Crippen molar-refractivity contribution in [3.8, 4) is 0 Å². The van der Waals surface area contributed by atoms with E-state index in [0.717, 1.165) is 12.2 Å². The van der Waals surface area contributed by atoms with Crippen molar-refractivity contribution in [3.63, 3.8) is 0 Å². The van der Waals surface area contributed by atoms with Gasteiger partial charge in [-0.05, 0) is 37.2 Å². The van der Waals surface area contributed by atoms with E-state index in [1.54, 1.807) is 0 Å². The number of fused-ring (bicyclic) bond motifs is 1. The molecule has 0 saturated heterocycles. The summed E-state index contributed by atoms with van der Waals surface area (Å²) in [6, 6.07) is 15.3. The Labute approximate surface area is 125 Å². The number of benzene rings is 2. The molecule has 1 heterocycles. The first-order chi connectivity index (χ1) is 10.2. The quantitative estimate of drug-likeness (QED) is 0.790. The molecule has 0 bridgehead atoms. The number of nitrogens with zero attached hydrogens (tertiary/aromatic N) is 2. The number of hydrogen-bond donors (Lipinski definition) is 1. The maximum absolute atomic E-state index is 4.39. The zero-order chi connectivity index (χ0) is 14.8. The van der Waals surface area contributed by atoms with Crippen molar-refractivity contribution in [2.45, 2.75) is 26.4 Å². The lowest BCUT2D eigenvalue weighted by Gasteiger charge is -2.20. The van der Waals surface area contributed by atoms with Crippen LogP contribution in [-0.2, 0) is 6.54 Å². The van der Waals surface area contributed by atoms with Gasteiger partial charge in [-0.2, -0.15) is 0 Å². The van der Waals surface area contributed by atoms with Gasteiger partial charge in [0.15, 0.2) is 0 Å². The van der Waals surface area contributed by atoms with Gasteiger partial charge >= 0.3 is 0 Å². The van der Waals surface area contributed by atoms with Crippen LogP contribution in [0.1, 0.15) is 23.0 Å². The molecule has 1 atom stereocenters. The number of hydrogen-bond acceptors (Lipinski definition) is 2. The van der Waals surface area contributed by atoms with Crippen LogP contribution >= 0.6 is 0 Å². The Morgan fingerprint density at radius 3 is 2.57 bits per heavy atom. The second-order valence-electron chi connectivity index (χ2n) is 5.48. The van der Waals surface area contributed by atoms with Crippen molar-refractivity contribution in [3.05, 3.63) is 65.7 Å². The molecule has 1 aromatic heterocycles. The fourth-order valence-electron chi connectivity index (χ4n) is 2.82. The zero-order valence-corrected chi connectivity index (χ0v) is 12.8. The number of imidazole rings is 1. The molecule has 108 valence electrons. The molecular weight excluding hydrogens is 258 g/mol. The van der Waals surface area contributed by atoms with Gasteiger partial charge in [-0.15, -0.1) is 0 Å². The fraction of sp³-hybridized carbons (Fsp3) is 0.278. The summed E-state index contributed by atoms with van der Waals surface area (Å²) in [5.41, 5.74) is 3.67. The van der Waals surface area contributed by atoms with Crippen LogP contribution in [0.2, 0.25) is 0 Å². The third-order valence-corrected chi connectivity index (χ3v) is 4.27. The summed E-state index contributed by atoms with van der Waals surface area (Å²) < 4.78 is 2.22. The van der Waals surface area contributed by atoms with E-state index in [0.29, 0.717) is 0 Å². The Morgan fingerprint density at radius 1 is 1.10 bits per heavy atom.